The molecule has 0 amide bonds. The lowest BCUT2D eigenvalue weighted by Crippen LogP contribution is -2.27. The highest BCUT2D eigenvalue weighted by molar-refractivity contribution is 5.04. The van der Waals surface area contributed by atoms with Crippen molar-refractivity contribution in [1.82, 2.24) is 0 Å². The van der Waals surface area contributed by atoms with Crippen molar-refractivity contribution >= 4 is 0 Å². The fraction of sp³-hybridized carbons (Fsp3) is 0.778. The van der Waals surface area contributed by atoms with Gasteiger partial charge in [0.05, 0.1) is 11.5 Å². The van der Waals surface area contributed by atoms with Gasteiger partial charge in [-0.2, -0.15) is 0 Å². The Morgan fingerprint density at radius 1 is 1.60 bits per heavy atom. The van der Waals surface area contributed by atoms with Gasteiger partial charge in [-0.05, 0) is 20.3 Å². The van der Waals surface area contributed by atoms with Crippen molar-refractivity contribution in [2.75, 3.05) is 0 Å². The molecule has 0 saturated carbocycles. The summed E-state index contributed by atoms with van der Waals surface area (Å²) in [7, 11) is 0. The molecule has 1 atom stereocenters. The molecule has 0 aromatic carbocycles. The lowest BCUT2D eigenvalue weighted by Gasteiger charge is -2.23. The summed E-state index contributed by atoms with van der Waals surface area (Å²) < 4.78 is 0. The van der Waals surface area contributed by atoms with Crippen LogP contribution in [-0.2, 0) is 0 Å². The Labute approximate surface area is 63.5 Å². The van der Waals surface area contributed by atoms with Crippen molar-refractivity contribution < 1.29 is 5.11 Å². The van der Waals surface area contributed by atoms with Gasteiger partial charge in [0.25, 0.3) is 0 Å². The molecule has 1 N–H and O–H groups in total. The SMILES string of the molecule is C#CC(C)(C)C(O)CCC. The summed E-state index contributed by atoms with van der Waals surface area (Å²) in [5, 5.41) is 9.43. The molecule has 0 aromatic rings. The third-order valence-electron chi connectivity index (χ3n) is 1.77. The molecule has 0 bridgehead atoms. The summed E-state index contributed by atoms with van der Waals surface area (Å²) in [6.07, 6.45) is 6.64. The Kier molecular flexibility index (Phi) is 3.46. The van der Waals surface area contributed by atoms with Gasteiger partial charge >= 0.3 is 0 Å². The third kappa shape index (κ3) is 2.41. The quantitative estimate of drug-likeness (QED) is 0.593. The minimum absolute atomic E-state index is 0.359. The summed E-state index contributed by atoms with van der Waals surface area (Å²) in [4.78, 5) is 0. The molecule has 0 aliphatic heterocycles. The topological polar surface area (TPSA) is 20.2 Å². The highest BCUT2D eigenvalue weighted by Crippen LogP contribution is 2.22. The highest BCUT2D eigenvalue weighted by atomic mass is 16.3. The average molecular weight is 140 g/mol. The van der Waals surface area contributed by atoms with Gasteiger partial charge in [0.15, 0.2) is 0 Å². The number of hydrogen-bond acceptors (Lipinski definition) is 1. The van der Waals surface area contributed by atoms with Crippen molar-refractivity contribution in [3.05, 3.63) is 0 Å². The van der Waals surface area contributed by atoms with Crippen LogP contribution in [0.25, 0.3) is 0 Å². The highest BCUT2D eigenvalue weighted by Gasteiger charge is 2.23. The molecule has 0 rings (SSSR count). The van der Waals surface area contributed by atoms with Crippen molar-refractivity contribution in [2.45, 2.75) is 39.7 Å². The molecular weight excluding hydrogens is 124 g/mol. The van der Waals surface area contributed by atoms with Crippen LogP contribution in [0.2, 0.25) is 0 Å². The van der Waals surface area contributed by atoms with E-state index in [0.717, 1.165) is 12.8 Å². The first-order chi connectivity index (χ1) is 4.54. The van der Waals surface area contributed by atoms with Crippen molar-refractivity contribution in [1.29, 1.82) is 0 Å². The summed E-state index contributed by atoms with van der Waals surface area (Å²) >= 11 is 0. The first-order valence-corrected chi connectivity index (χ1v) is 3.70. The lowest BCUT2D eigenvalue weighted by molar-refractivity contribution is 0.0791. The zero-order valence-electron chi connectivity index (χ0n) is 7.02. The Hall–Kier alpha value is -0.480. The number of aliphatic hydroxyl groups excluding tert-OH is 1. The van der Waals surface area contributed by atoms with Crippen molar-refractivity contribution in [3.63, 3.8) is 0 Å². The van der Waals surface area contributed by atoms with Crippen molar-refractivity contribution in [3.8, 4) is 12.3 Å². The Bertz CT molecular complexity index is 130. The molecule has 0 aromatic heterocycles. The van der Waals surface area contributed by atoms with Gasteiger partial charge in [-0.25, -0.2) is 0 Å². The zero-order chi connectivity index (χ0) is 8.20. The maximum absolute atomic E-state index is 9.43. The van der Waals surface area contributed by atoms with E-state index in [1.54, 1.807) is 0 Å². The molecule has 0 fully saturated rings. The van der Waals surface area contributed by atoms with Crippen LogP contribution in [0.15, 0.2) is 0 Å². The van der Waals surface area contributed by atoms with E-state index < -0.39 is 0 Å². The van der Waals surface area contributed by atoms with Gasteiger partial charge < -0.3 is 5.11 Å². The van der Waals surface area contributed by atoms with Crippen LogP contribution < -0.4 is 0 Å². The summed E-state index contributed by atoms with van der Waals surface area (Å²) in [5.41, 5.74) is -0.365. The molecule has 1 nitrogen and oxygen atoms in total. The molecule has 1 heteroatoms. The molecule has 10 heavy (non-hydrogen) atoms. The molecular formula is C9H16O. The largest absolute Gasteiger partial charge is 0.392 e. The molecule has 0 radical (unpaired) electrons. The van der Waals surface area contributed by atoms with Gasteiger partial charge in [-0.3, -0.25) is 0 Å². The van der Waals surface area contributed by atoms with Crippen LogP contribution in [0.3, 0.4) is 0 Å². The summed E-state index contributed by atoms with van der Waals surface area (Å²) in [5.74, 6) is 2.58. The Morgan fingerprint density at radius 3 is 2.40 bits per heavy atom. The van der Waals surface area contributed by atoms with Crippen LogP contribution in [0.5, 0.6) is 0 Å². The van der Waals surface area contributed by atoms with Gasteiger partial charge in [-0.1, -0.05) is 19.3 Å². The monoisotopic (exact) mass is 140 g/mol. The number of hydrogen-bond donors (Lipinski definition) is 1. The second-order valence-corrected chi connectivity index (χ2v) is 3.17. The van der Waals surface area contributed by atoms with Gasteiger partial charge in [0.1, 0.15) is 0 Å². The Morgan fingerprint density at radius 2 is 2.10 bits per heavy atom. The number of aliphatic hydroxyl groups is 1. The minimum atomic E-state index is -0.365. The predicted octanol–water partition coefficient (Wildman–Crippen LogP) is 1.81. The summed E-state index contributed by atoms with van der Waals surface area (Å²) in [6.45, 7) is 5.80. The Balaban J connectivity index is 3.94. The first-order valence-electron chi connectivity index (χ1n) is 3.70. The fourth-order valence-corrected chi connectivity index (χ4v) is 0.730. The standard InChI is InChI=1S/C9H16O/c1-5-7-8(10)9(3,4)6-2/h2,8,10H,5,7H2,1,3-4H3. The molecule has 58 valence electrons. The predicted molar refractivity (Wildman–Crippen MR) is 43.5 cm³/mol. The fourth-order valence-electron chi connectivity index (χ4n) is 0.730. The van der Waals surface area contributed by atoms with Gasteiger partial charge in [0, 0.05) is 0 Å². The smallest absolute Gasteiger partial charge is 0.0700 e. The first kappa shape index (κ1) is 9.52. The van der Waals surface area contributed by atoms with E-state index in [2.05, 4.69) is 5.92 Å². The zero-order valence-corrected chi connectivity index (χ0v) is 7.02. The molecule has 0 aliphatic rings. The lowest BCUT2D eigenvalue weighted by atomic mass is 9.85. The van der Waals surface area contributed by atoms with E-state index in [1.165, 1.54) is 0 Å². The van der Waals surface area contributed by atoms with Crippen LogP contribution in [0.1, 0.15) is 33.6 Å². The van der Waals surface area contributed by atoms with Crippen molar-refractivity contribution in [2.24, 2.45) is 5.41 Å². The second kappa shape index (κ2) is 3.63. The van der Waals surface area contributed by atoms with E-state index in [4.69, 9.17) is 6.42 Å². The molecule has 0 heterocycles. The van der Waals surface area contributed by atoms with E-state index in [0.29, 0.717) is 0 Å². The van der Waals surface area contributed by atoms with E-state index >= 15 is 0 Å². The molecule has 0 saturated heterocycles. The van der Waals surface area contributed by atoms with E-state index in [1.807, 2.05) is 20.8 Å². The summed E-state index contributed by atoms with van der Waals surface area (Å²) in [6, 6.07) is 0. The van der Waals surface area contributed by atoms with Gasteiger partial charge in [0.2, 0.25) is 0 Å². The van der Waals surface area contributed by atoms with E-state index in [9.17, 15) is 5.11 Å². The number of terminal acetylenes is 1. The van der Waals surface area contributed by atoms with Gasteiger partial charge in [-0.15, -0.1) is 6.42 Å². The van der Waals surface area contributed by atoms with E-state index in [-0.39, 0.29) is 11.5 Å². The normalized spacial score (nSPS) is 14.3. The van der Waals surface area contributed by atoms with Crippen LogP contribution in [-0.4, -0.2) is 11.2 Å². The minimum Gasteiger partial charge on any atom is -0.392 e. The molecule has 1 unspecified atom stereocenters. The van der Waals surface area contributed by atoms with Crippen LogP contribution in [0, 0.1) is 17.8 Å². The molecule has 0 aliphatic carbocycles. The van der Waals surface area contributed by atoms with Crippen LogP contribution >= 0.6 is 0 Å². The second-order valence-electron chi connectivity index (χ2n) is 3.17. The maximum Gasteiger partial charge on any atom is 0.0700 e. The third-order valence-corrected chi connectivity index (χ3v) is 1.77. The molecule has 0 spiro atoms. The number of rotatable bonds is 3. The maximum atomic E-state index is 9.43. The van der Waals surface area contributed by atoms with Crippen LogP contribution in [0.4, 0.5) is 0 Å². The average Bonchev–Trinajstić information content (AvgIpc) is 1.89.